The Morgan fingerprint density at radius 2 is 1.96 bits per heavy atom. The molecule has 0 aromatic heterocycles. The number of benzene rings is 2. The summed E-state index contributed by atoms with van der Waals surface area (Å²) in [5, 5.41) is 13.4. The molecule has 1 aliphatic rings. The second kappa shape index (κ2) is 6.80. The van der Waals surface area contributed by atoms with Crippen LogP contribution in [0.2, 0.25) is 0 Å². The minimum atomic E-state index is -0.243. The van der Waals surface area contributed by atoms with Crippen molar-refractivity contribution >= 4 is 34.6 Å². The van der Waals surface area contributed by atoms with Crippen LogP contribution in [0.3, 0.4) is 0 Å². The summed E-state index contributed by atoms with van der Waals surface area (Å²) in [7, 11) is 1.48. The van der Waals surface area contributed by atoms with Crippen molar-refractivity contribution in [2.45, 2.75) is 6.92 Å². The molecule has 0 saturated carbocycles. The van der Waals surface area contributed by atoms with Crippen LogP contribution in [-0.2, 0) is 4.79 Å². The standard InChI is InChI=1S/C18H16N2O3S/c1-11-6-8-13(9-7-11)19-18-20-17(22)15(24-18)10-12-4-3-5-14(23-2)16(12)21/h3-10,21H,1-2H3,(H,19,20,22). The Labute approximate surface area is 144 Å². The van der Waals surface area contributed by atoms with Gasteiger partial charge < -0.3 is 15.2 Å². The molecule has 1 fully saturated rings. The van der Waals surface area contributed by atoms with E-state index in [0.717, 1.165) is 11.3 Å². The molecule has 122 valence electrons. The molecule has 2 aromatic carbocycles. The van der Waals surface area contributed by atoms with E-state index < -0.39 is 0 Å². The molecule has 0 unspecified atom stereocenters. The molecule has 3 rings (SSSR count). The van der Waals surface area contributed by atoms with Gasteiger partial charge in [0.25, 0.3) is 5.91 Å². The molecule has 0 aliphatic carbocycles. The fourth-order valence-corrected chi connectivity index (χ4v) is 3.01. The molecule has 2 aromatic rings. The van der Waals surface area contributed by atoms with E-state index in [1.165, 1.54) is 18.9 Å². The van der Waals surface area contributed by atoms with Crippen LogP contribution in [0.5, 0.6) is 11.5 Å². The van der Waals surface area contributed by atoms with Crippen LogP contribution in [0.1, 0.15) is 11.1 Å². The van der Waals surface area contributed by atoms with E-state index in [1.54, 1.807) is 24.3 Å². The number of aryl methyl sites for hydroxylation is 1. The fraction of sp³-hybridized carbons (Fsp3) is 0.111. The maximum atomic E-state index is 12.1. The van der Waals surface area contributed by atoms with Crippen molar-refractivity contribution in [3.05, 3.63) is 58.5 Å². The number of thioether (sulfide) groups is 1. The normalized spacial score (nSPS) is 17.3. The number of nitrogens with zero attached hydrogens (tertiary/aromatic N) is 1. The smallest absolute Gasteiger partial charge is 0.264 e. The van der Waals surface area contributed by atoms with Crippen molar-refractivity contribution < 1.29 is 14.6 Å². The summed E-state index contributed by atoms with van der Waals surface area (Å²) in [4.78, 5) is 17.0. The first kappa shape index (κ1) is 16.1. The van der Waals surface area contributed by atoms with Crippen LogP contribution in [0.4, 0.5) is 5.69 Å². The molecular weight excluding hydrogens is 324 g/mol. The molecule has 1 amide bonds. The molecule has 0 radical (unpaired) electrons. The average molecular weight is 340 g/mol. The molecule has 5 nitrogen and oxygen atoms in total. The first-order chi connectivity index (χ1) is 11.6. The summed E-state index contributed by atoms with van der Waals surface area (Å²) in [5.74, 6) is 0.124. The number of phenols is 1. The van der Waals surface area contributed by atoms with Crippen molar-refractivity contribution in [1.82, 2.24) is 5.32 Å². The SMILES string of the molecule is COc1cccc(C=C2SC(=Nc3ccc(C)cc3)NC2=O)c1O. The van der Waals surface area contributed by atoms with E-state index in [9.17, 15) is 9.90 Å². The molecule has 2 N–H and O–H groups in total. The maximum absolute atomic E-state index is 12.1. The quantitative estimate of drug-likeness (QED) is 0.838. The van der Waals surface area contributed by atoms with Gasteiger partial charge in [-0.15, -0.1) is 0 Å². The highest BCUT2D eigenvalue weighted by Crippen LogP contribution is 2.34. The minimum Gasteiger partial charge on any atom is -0.504 e. The monoisotopic (exact) mass is 340 g/mol. The number of hydrogen-bond donors (Lipinski definition) is 2. The van der Waals surface area contributed by atoms with Gasteiger partial charge in [0.15, 0.2) is 16.7 Å². The number of carbonyl (C=O) groups is 1. The number of aliphatic imine (C=N–C) groups is 1. The molecule has 24 heavy (non-hydrogen) atoms. The van der Waals surface area contributed by atoms with Crippen LogP contribution >= 0.6 is 11.8 Å². The third kappa shape index (κ3) is 3.44. The minimum absolute atomic E-state index is 0.00447. The molecule has 1 heterocycles. The molecule has 0 atom stereocenters. The molecular formula is C18H16N2O3S. The number of carbonyl (C=O) groups excluding carboxylic acids is 1. The number of rotatable bonds is 3. The lowest BCUT2D eigenvalue weighted by atomic mass is 10.1. The molecule has 6 heteroatoms. The number of nitrogens with one attached hydrogen (secondary N) is 1. The van der Waals surface area contributed by atoms with Crippen LogP contribution < -0.4 is 10.1 Å². The summed E-state index contributed by atoms with van der Waals surface area (Å²) >= 11 is 1.23. The van der Waals surface area contributed by atoms with Gasteiger partial charge in [0.05, 0.1) is 17.7 Å². The zero-order valence-electron chi connectivity index (χ0n) is 13.2. The predicted molar refractivity (Wildman–Crippen MR) is 96.6 cm³/mol. The summed E-state index contributed by atoms with van der Waals surface area (Å²) in [6.45, 7) is 2.00. The number of para-hydroxylation sites is 1. The summed E-state index contributed by atoms with van der Waals surface area (Å²) in [6.07, 6.45) is 1.62. The van der Waals surface area contributed by atoms with E-state index in [0.29, 0.717) is 21.4 Å². The van der Waals surface area contributed by atoms with Crippen molar-refractivity contribution in [1.29, 1.82) is 0 Å². The van der Waals surface area contributed by atoms with Crippen LogP contribution in [-0.4, -0.2) is 23.3 Å². The first-order valence-electron chi connectivity index (χ1n) is 7.29. The van der Waals surface area contributed by atoms with Crippen LogP contribution in [0.15, 0.2) is 52.4 Å². The van der Waals surface area contributed by atoms with E-state index in [2.05, 4.69) is 10.3 Å². The fourth-order valence-electron chi connectivity index (χ4n) is 2.18. The van der Waals surface area contributed by atoms with Gasteiger partial charge in [-0.3, -0.25) is 4.79 Å². The zero-order chi connectivity index (χ0) is 17.1. The van der Waals surface area contributed by atoms with Gasteiger partial charge in [-0.25, -0.2) is 4.99 Å². The van der Waals surface area contributed by atoms with Crippen LogP contribution in [0.25, 0.3) is 6.08 Å². The number of ether oxygens (including phenoxy) is 1. The highest BCUT2D eigenvalue weighted by atomic mass is 32.2. The van der Waals surface area contributed by atoms with Crippen LogP contribution in [0, 0.1) is 6.92 Å². The Morgan fingerprint density at radius 3 is 2.67 bits per heavy atom. The van der Waals surface area contributed by atoms with Crippen molar-refractivity contribution in [3.8, 4) is 11.5 Å². The Hall–Kier alpha value is -2.73. The number of aromatic hydroxyl groups is 1. The second-order valence-electron chi connectivity index (χ2n) is 5.22. The zero-order valence-corrected chi connectivity index (χ0v) is 14.1. The maximum Gasteiger partial charge on any atom is 0.264 e. The summed E-state index contributed by atoms with van der Waals surface area (Å²) in [6, 6.07) is 12.8. The van der Waals surface area contributed by atoms with E-state index in [-0.39, 0.29) is 11.7 Å². The van der Waals surface area contributed by atoms with E-state index in [1.807, 2.05) is 31.2 Å². The first-order valence-corrected chi connectivity index (χ1v) is 8.10. The van der Waals surface area contributed by atoms with Gasteiger partial charge >= 0.3 is 0 Å². The van der Waals surface area contributed by atoms with E-state index in [4.69, 9.17) is 4.74 Å². The molecule has 0 spiro atoms. The number of amides is 1. The number of phenolic OH excluding ortho intramolecular Hbond substituents is 1. The Kier molecular flexibility index (Phi) is 4.57. The second-order valence-corrected chi connectivity index (χ2v) is 6.25. The third-order valence-corrected chi connectivity index (χ3v) is 4.36. The predicted octanol–water partition coefficient (Wildman–Crippen LogP) is 3.60. The number of amidine groups is 1. The van der Waals surface area contributed by atoms with Gasteiger partial charge in [0.1, 0.15) is 0 Å². The van der Waals surface area contributed by atoms with Gasteiger partial charge in [-0.1, -0.05) is 29.8 Å². The molecule has 1 saturated heterocycles. The van der Waals surface area contributed by atoms with Crippen molar-refractivity contribution in [2.24, 2.45) is 4.99 Å². The van der Waals surface area contributed by atoms with Crippen molar-refractivity contribution in [2.75, 3.05) is 7.11 Å². The average Bonchev–Trinajstić information content (AvgIpc) is 2.91. The number of hydrogen-bond acceptors (Lipinski definition) is 5. The summed E-state index contributed by atoms with van der Waals surface area (Å²) in [5.41, 5.74) is 2.44. The van der Waals surface area contributed by atoms with Crippen molar-refractivity contribution in [3.63, 3.8) is 0 Å². The van der Waals surface area contributed by atoms with Gasteiger partial charge in [-0.05, 0) is 43.0 Å². The summed E-state index contributed by atoms with van der Waals surface area (Å²) < 4.78 is 5.08. The number of methoxy groups -OCH3 is 1. The van der Waals surface area contributed by atoms with Gasteiger partial charge in [0.2, 0.25) is 0 Å². The highest BCUT2D eigenvalue weighted by molar-refractivity contribution is 8.18. The lowest BCUT2D eigenvalue weighted by Crippen LogP contribution is -2.19. The largest absolute Gasteiger partial charge is 0.504 e. The Bertz CT molecular complexity index is 842. The lowest BCUT2D eigenvalue weighted by Gasteiger charge is -2.05. The Morgan fingerprint density at radius 1 is 1.21 bits per heavy atom. The third-order valence-electron chi connectivity index (χ3n) is 3.45. The lowest BCUT2D eigenvalue weighted by molar-refractivity contribution is -0.115. The molecule has 1 aliphatic heterocycles. The highest BCUT2D eigenvalue weighted by Gasteiger charge is 2.24. The Balaban J connectivity index is 1.86. The topological polar surface area (TPSA) is 70.9 Å². The van der Waals surface area contributed by atoms with Gasteiger partial charge in [0, 0.05) is 5.56 Å². The molecule has 0 bridgehead atoms. The van der Waals surface area contributed by atoms with Gasteiger partial charge in [-0.2, -0.15) is 0 Å². The van der Waals surface area contributed by atoms with E-state index >= 15 is 0 Å².